The molecule has 0 saturated heterocycles. The van der Waals surface area contributed by atoms with Gasteiger partial charge in [-0.2, -0.15) is 0 Å². The fourth-order valence-electron chi connectivity index (χ4n) is 5.16. The van der Waals surface area contributed by atoms with Crippen molar-refractivity contribution in [2.45, 2.75) is 19.4 Å². The maximum atomic E-state index is 13.4. The maximum Gasteiger partial charge on any atom is 0.247 e. The Labute approximate surface area is 198 Å². The zero-order valence-electron chi connectivity index (χ0n) is 19.2. The van der Waals surface area contributed by atoms with E-state index in [1.54, 1.807) is 12.3 Å². The molecule has 4 heterocycles. The highest BCUT2D eigenvalue weighted by atomic mass is 16.7. The molecule has 1 unspecified atom stereocenters. The summed E-state index contributed by atoms with van der Waals surface area (Å²) in [5.74, 6) is 1.55. The summed E-state index contributed by atoms with van der Waals surface area (Å²) in [6.07, 6.45) is 6.23. The lowest BCUT2D eigenvalue weighted by atomic mass is 9.92. The van der Waals surface area contributed by atoms with Gasteiger partial charge in [0.15, 0.2) is 11.5 Å². The number of aryl methyl sites for hydroxylation is 1. The van der Waals surface area contributed by atoms with Crippen LogP contribution in [-0.2, 0) is 18.3 Å². The molecule has 2 aromatic carbocycles. The Morgan fingerprint density at radius 2 is 1.88 bits per heavy atom. The molecule has 34 heavy (non-hydrogen) atoms. The van der Waals surface area contributed by atoms with E-state index in [1.807, 2.05) is 48.4 Å². The molecule has 0 radical (unpaired) electrons. The van der Waals surface area contributed by atoms with Gasteiger partial charge in [0.05, 0.1) is 11.7 Å². The van der Waals surface area contributed by atoms with Crippen molar-refractivity contribution >= 4 is 23.0 Å². The number of rotatable bonds is 3. The van der Waals surface area contributed by atoms with Gasteiger partial charge in [-0.05, 0) is 60.4 Å². The van der Waals surface area contributed by atoms with Crippen molar-refractivity contribution in [1.82, 2.24) is 14.5 Å². The van der Waals surface area contributed by atoms with Crippen molar-refractivity contribution in [1.29, 1.82) is 0 Å². The Bertz CT molecular complexity index is 1440. The molecule has 6 rings (SSSR count). The van der Waals surface area contributed by atoms with Crippen LogP contribution in [0, 0.1) is 0 Å². The van der Waals surface area contributed by atoms with E-state index in [0.717, 1.165) is 51.3 Å². The Morgan fingerprint density at radius 1 is 1.09 bits per heavy atom. The van der Waals surface area contributed by atoms with E-state index >= 15 is 0 Å². The highest BCUT2D eigenvalue weighted by Crippen LogP contribution is 2.40. The van der Waals surface area contributed by atoms with Gasteiger partial charge in [-0.1, -0.05) is 30.3 Å². The number of fused-ring (bicyclic) bond motifs is 3. The van der Waals surface area contributed by atoms with Gasteiger partial charge in [0.1, 0.15) is 5.65 Å². The van der Waals surface area contributed by atoms with Gasteiger partial charge in [-0.15, -0.1) is 0 Å². The standard InChI is InChI=1S/C28H25N3O3/c1-18-23-16-25-24(33-17-34-25)15-20(23)12-14-31(18)26(32)11-10-21-22-9-6-13-29-28(22)30(2)27(21)19-7-4-3-5-8-19/h3-11,13,15-16,18H,12,14,17H2,1-2H3/b11-10+. The zero-order chi connectivity index (χ0) is 23.2. The topological polar surface area (TPSA) is 56.6 Å². The third-order valence-electron chi connectivity index (χ3n) is 6.88. The number of nitrogens with zero attached hydrogens (tertiary/aromatic N) is 3. The molecule has 6 heteroatoms. The van der Waals surface area contributed by atoms with Crippen molar-refractivity contribution in [3.8, 4) is 22.8 Å². The first-order valence-electron chi connectivity index (χ1n) is 11.5. The number of hydrogen-bond donors (Lipinski definition) is 0. The van der Waals surface area contributed by atoms with Gasteiger partial charge in [0.25, 0.3) is 0 Å². The van der Waals surface area contributed by atoms with Crippen LogP contribution in [0.4, 0.5) is 0 Å². The van der Waals surface area contributed by atoms with Gasteiger partial charge in [-0.25, -0.2) is 4.98 Å². The second-order valence-electron chi connectivity index (χ2n) is 8.76. The normalized spacial score (nSPS) is 16.9. The summed E-state index contributed by atoms with van der Waals surface area (Å²) >= 11 is 0. The number of ether oxygens (including phenoxy) is 2. The number of benzene rings is 2. The number of amides is 1. The van der Waals surface area contributed by atoms with Crippen LogP contribution in [0.15, 0.2) is 66.9 Å². The summed E-state index contributed by atoms with van der Waals surface area (Å²) in [6, 6.07) is 18.3. The number of carbonyl (C=O) groups is 1. The second-order valence-corrected chi connectivity index (χ2v) is 8.76. The van der Waals surface area contributed by atoms with Crippen molar-refractivity contribution in [2.24, 2.45) is 7.05 Å². The lowest BCUT2D eigenvalue weighted by Gasteiger charge is -2.34. The molecule has 1 atom stereocenters. The molecule has 170 valence electrons. The first-order valence-corrected chi connectivity index (χ1v) is 11.5. The van der Waals surface area contributed by atoms with Crippen LogP contribution < -0.4 is 9.47 Å². The number of aromatic nitrogens is 2. The highest BCUT2D eigenvalue weighted by Gasteiger charge is 2.29. The maximum absolute atomic E-state index is 13.4. The van der Waals surface area contributed by atoms with Crippen molar-refractivity contribution < 1.29 is 14.3 Å². The molecule has 0 bridgehead atoms. The summed E-state index contributed by atoms with van der Waals surface area (Å²) in [4.78, 5) is 19.9. The first kappa shape index (κ1) is 20.5. The molecule has 2 aliphatic heterocycles. The summed E-state index contributed by atoms with van der Waals surface area (Å²) in [7, 11) is 2.02. The van der Waals surface area contributed by atoms with Crippen molar-refractivity contribution in [3.63, 3.8) is 0 Å². The molecule has 6 nitrogen and oxygen atoms in total. The Balaban J connectivity index is 1.35. The predicted octanol–water partition coefficient (Wildman–Crippen LogP) is 5.13. The molecular weight excluding hydrogens is 426 g/mol. The predicted molar refractivity (Wildman–Crippen MR) is 132 cm³/mol. The van der Waals surface area contributed by atoms with Gasteiger partial charge >= 0.3 is 0 Å². The van der Waals surface area contributed by atoms with Crippen molar-refractivity contribution in [2.75, 3.05) is 13.3 Å². The fourth-order valence-corrected chi connectivity index (χ4v) is 5.16. The van der Waals surface area contributed by atoms with Crippen LogP contribution in [0.1, 0.15) is 29.7 Å². The van der Waals surface area contributed by atoms with E-state index in [1.165, 1.54) is 5.56 Å². The minimum absolute atomic E-state index is 0.00396. The molecule has 4 aromatic rings. The molecule has 2 aromatic heterocycles. The van der Waals surface area contributed by atoms with E-state index in [2.05, 4.69) is 40.7 Å². The summed E-state index contributed by atoms with van der Waals surface area (Å²) in [5, 5.41) is 1.03. The highest BCUT2D eigenvalue weighted by molar-refractivity contribution is 6.00. The summed E-state index contributed by atoms with van der Waals surface area (Å²) in [5.41, 5.74) is 6.37. The van der Waals surface area contributed by atoms with Crippen LogP contribution in [0.2, 0.25) is 0 Å². The summed E-state index contributed by atoms with van der Waals surface area (Å²) < 4.78 is 13.2. The molecule has 1 amide bonds. The van der Waals surface area contributed by atoms with Gasteiger partial charge in [0, 0.05) is 36.8 Å². The molecule has 0 fully saturated rings. The van der Waals surface area contributed by atoms with E-state index in [-0.39, 0.29) is 18.7 Å². The average Bonchev–Trinajstić information content (AvgIpc) is 3.44. The molecule has 0 spiro atoms. The third-order valence-corrected chi connectivity index (χ3v) is 6.88. The minimum Gasteiger partial charge on any atom is -0.454 e. The third kappa shape index (κ3) is 3.25. The van der Waals surface area contributed by atoms with E-state index in [0.29, 0.717) is 6.54 Å². The van der Waals surface area contributed by atoms with Crippen molar-refractivity contribution in [3.05, 3.63) is 83.6 Å². The lowest BCUT2D eigenvalue weighted by molar-refractivity contribution is -0.128. The lowest BCUT2D eigenvalue weighted by Crippen LogP contribution is -2.37. The largest absolute Gasteiger partial charge is 0.454 e. The Kier molecular flexibility index (Phi) is 4.87. The minimum atomic E-state index is -0.0434. The summed E-state index contributed by atoms with van der Waals surface area (Å²) in [6.45, 7) is 2.99. The van der Waals surface area contributed by atoms with Crippen LogP contribution in [0.25, 0.3) is 28.4 Å². The van der Waals surface area contributed by atoms with Gasteiger partial charge in [0.2, 0.25) is 12.7 Å². The molecule has 2 aliphatic rings. The van der Waals surface area contributed by atoms with Crippen LogP contribution in [0.3, 0.4) is 0 Å². The Morgan fingerprint density at radius 3 is 2.71 bits per heavy atom. The zero-order valence-corrected chi connectivity index (χ0v) is 19.2. The smallest absolute Gasteiger partial charge is 0.247 e. The van der Waals surface area contributed by atoms with Gasteiger partial charge in [-0.3, -0.25) is 4.79 Å². The fraction of sp³-hybridized carbons (Fsp3) is 0.214. The van der Waals surface area contributed by atoms with E-state index in [4.69, 9.17) is 9.47 Å². The first-order chi connectivity index (χ1) is 16.6. The number of pyridine rings is 1. The van der Waals surface area contributed by atoms with Crippen LogP contribution >= 0.6 is 0 Å². The van der Waals surface area contributed by atoms with Crippen LogP contribution in [0.5, 0.6) is 11.5 Å². The second kappa shape index (κ2) is 8.06. The van der Waals surface area contributed by atoms with E-state index in [9.17, 15) is 4.79 Å². The SMILES string of the molecule is CC1c2cc3c(cc2CCN1C(=O)/C=C/c1c(-c2ccccc2)n(C)c2ncccc12)OCO3. The Hall–Kier alpha value is -4.06. The quantitative estimate of drug-likeness (QED) is 0.405. The molecule has 0 aliphatic carbocycles. The number of hydrogen-bond acceptors (Lipinski definition) is 4. The van der Waals surface area contributed by atoms with Gasteiger partial charge < -0.3 is 18.9 Å². The van der Waals surface area contributed by atoms with Crippen LogP contribution in [-0.4, -0.2) is 33.7 Å². The molecule has 0 saturated carbocycles. The molecule has 0 N–H and O–H groups in total. The molecular formula is C28H25N3O3. The number of carbonyl (C=O) groups excluding carboxylic acids is 1. The average molecular weight is 452 g/mol. The van der Waals surface area contributed by atoms with E-state index < -0.39 is 0 Å². The monoisotopic (exact) mass is 451 g/mol.